The Morgan fingerprint density at radius 3 is 2.29 bits per heavy atom. The van der Waals surface area contributed by atoms with E-state index in [0.29, 0.717) is 29.9 Å². The number of nitrogens with one attached hydrogen (secondary N) is 1. The highest BCUT2D eigenvalue weighted by Gasteiger charge is 2.02. The molecule has 1 amide bonds. The Balaban J connectivity index is -0.000000997. The van der Waals surface area contributed by atoms with E-state index in [4.69, 9.17) is 4.74 Å². The third-order valence-electron chi connectivity index (χ3n) is 4.79. The minimum atomic E-state index is -0.519. The topological polar surface area (TPSA) is 72.5 Å². The van der Waals surface area contributed by atoms with Gasteiger partial charge in [0.1, 0.15) is 6.29 Å². The van der Waals surface area contributed by atoms with E-state index in [9.17, 15) is 14.4 Å². The van der Waals surface area contributed by atoms with Gasteiger partial charge in [-0.15, -0.1) is 6.58 Å². The first-order valence-corrected chi connectivity index (χ1v) is 14.4. The van der Waals surface area contributed by atoms with Crippen molar-refractivity contribution in [2.75, 3.05) is 11.9 Å². The van der Waals surface area contributed by atoms with E-state index < -0.39 is 6.09 Å². The van der Waals surface area contributed by atoms with Crippen molar-refractivity contribution in [1.82, 2.24) is 0 Å². The monoisotopic (exact) mass is 561 g/mol. The minimum absolute atomic E-state index is 0. The van der Waals surface area contributed by atoms with Crippen LogP contribution in [0.5, 0.6) is 0 Å². The largest absolute Gasteiger partial charge is 0.450 e. The van der Waals surface area contributed by atoms with Gasteiger partial charge in [-0.05, 0) is 66.7 Å². The normalized spacial score (nSPS) is 9.12. The van der Waals surface area contributed by atoms with Crippen LogP contribution in [0.15, 0.2) is 79.9 Å². The van der Waals surface area contributed by atoms with Crippen molar-refractivity contribution in [2.24, 2.45) is 0 Å². The molecule has 2 aromatic carbocycles. The molecule has 2 aromatic rings. The number of anilines is 1. The van der Waals surface area contributed by atoms with Crippen LogP contribution in [-0.4, -0.2) is 24.8 Å². The molecular formula is C36H51NO4. The lowest BCUT2D eigenvalue weighted by molar-refractivity contribution is -0.109. The first-order valence-electron chi connectivity index (χ1n) is 14.4. The Hall–Kier alpha value is -4.17. The van der Waals surface area contributed by atoms with Crippen LogP contribution in [0.2, 0.25) is 0 Å². The van der Waals surface area contributed by atoms with E-state index >= 15 is 0 Å². The first kappa shape index (κ1) is 39.0. The van der Waals surface area contributed by atoms with Gasteiger partial charge in [-0.1, -0.05) is 109 Å². The summed E-state index contributed by atoms with van der Waals surface area (Å²) < 4.78 is 4.83. The van der Waals surface area contributed by atoms with Crippen molar-refractivity contribution in [3.8, 4) is 11.8 Å². The van der Waals surface area contributed by atoms with E-state index in [0.717, 1.165) is 17.4 Å². The Kier molecular flexibility index (Phi) is 26.0. The van der Waals surface area contributed by atoms with Gasteiger partial charge < -0.3 is 4.74 Å². The van der Waals surface area contributed by atoms with E-state index in [1.165, 1.54) is 38.2 Å². The van der Waals surface area contributed by atoms with Crippen molar-refractivity contribution in [2.45, 2.75) is 80.1 Å². The summed E-state index contributed by atoms with van der Waals surface area (Å²) in [5.41, 5.74) is 3.38. The quantitative estimate of drug-likeness (QED) is 0.0563. The maximum absolute atomic E-state index is 11.9. The van der Waals surface area contributed by atoms with Gasteiger partial charge in [0.2, 0.25) is 5.78 Å². The maximum Gasteiger partial charge on any atom is 0.411 e. The third kappa shape index (κ3) is 21.3. The molecule has 0 spiro atoms. The van der Waals surface area contributed by atoms with Crippen LogP contribution in [0.25, 0.3) is 5.57 Å². The maximum atomic E-state index is 11.9. The number of hydrogen-bond acceptors (Lipinski definition) is 4. The zero-order valence-corrected chi connectivity index (χ0v) is 25.9. The molecular weight excluding hydrogens is 510 g/mol. The molecule has 0 aliphatic rings. The molecule has 1 N–H and O–H groups in total. The summed E-state index contributed by atoms with van der Waals surface area (Å²) in [7, 11) is 0. The van der Waals surface area contributed by atoms with Crippen LogP contribution in [0, 0.1) is 11.8 Å². The summed E-state index contributed by atoms with van der Waals surface area (Å²) in [4.78, 5) is 34.2. The molecule has 0 aromatic heterocycles. The number of allylic oxidation sites excluding steroid dienone is 4. The van der Waals surface area contributed by atoms with Gasteiger partial charge in [0.25, 0.3) is 0 Å². The van der Waals surface area contributed by atoms with E-state index in [1.807, 2.05) is 32.1 Å². The number of ether oxygens (including phenoxy) is 1. The second-order valence-corrected chi connectivity index (χ2v) is 8.48. The fourth-order valence-electron chi connectivity index (χ4n) is 2.94. The lowest BCUT2D eigenvalue weighted by atomic mass is 10.0. The fraction of sp³-hybridized carbons (Fsp3) is 0.361. The molecule has 0 bridgehead atoms. The van der Waals surface area contributed by atoms with Gasteiger partial charge in [0, 0.05) is 19.1 Å². The number of rotatable bonds is 11. The van der Waals surface area contributed by atoms with Gasteiger partial charge >= 0.3 is 6.09 Å². The number of aldehydes is 1. The molecule has 5 nitrogen and oxygen atoms in total. The van der Waals surface area contributed by atoms with Gasteiger partial charge in [0.15, 0.2) is 0 Å². The zero-order valence-electron chi connectivity index (χ0n) is 25.9. The number of unbranched alkanes of at least 4 members (excludes halogenated alkanes) is 3. The van der Waals surface area contributed by atoms with Crippen LogP contribution in [0.1, 0.15) is 96.6 Å². The number of amides is 1. The molecule has 0 saturated carbocycles. The van der Waals surface area contributed by atoms with Crippen LogP contribution in [-0.2, 0) is 16.0 Å². The summed E-state index contributed by atoms with van der Waals surface area (Å²) in [6.07, 6.45) is 11.9. The predicted octanol–water partition coefficient (Wildman–Crippen LogP) is 9.89. The molecule has 41 heavy (non-hydrogen) atoms. The van der Waals surface area contributed by atoms with Gasteiger partial charge in [-0.25, -0.2) is 4.79 Å². The standard InChI is InChI=1S/C24H21NO4.C7H14.C3H8.C2H6.H2/c1-3-29-24(28)25-22-11-5-7-19(16-22)8-6-12-23(27)14-13-18(2)21-10-4-9-20(15-21)17-26;1-3-5-7-6-4-2;1-3-2;1-2;/h4-5,7,9-11,13-17H,2-3,8H2,1H3,(H,25,28);3H,1,4-7H2,2H3;3H2,1-2H3;1-2H3;1H/b14-13-;;;;. The summed E-state index contributed by atoms with van der Waals surface area (Å²) in [6.45, 7) is 20.0. The average Bonchev–Trinajstić information content (AvgIpc) is 2.98. The number of ketones is 1. The molecule has 0 atom stereocenters. The average molecular weight is 562 g/mol. The van der Waals surface area contributed by atoms with Gasteiger partial charge in [-0.2, -0.15) is 0 Å². The Labute approximate surface area is 250 Å². The highest BCUT2D eigenvalue weighted by Crippen LogP contribution is 2.15. The van der Waals surface area contributed by atoms with Crippen molar-refractivity contribution in [1.29, 1.82) is 0 Å². The molecule has 5 heteroatoms. The highest BCUT2D eigenvalue weighted by atomic mass is 16.5. The van der Waals surface area contributed by atoms with Crippen LogP contribution < -0.4 is 5.32 Å². The Morgan fingerprint density at radius 2 is 1.68 bits per heavy atom. The molecule has 0 fully saturated rings. The summed E-state index contributed by atoms with van der Waals surface area (Å²) in [6, 6.07) is 14.1. The summed E-state index contributed by atoms with van der Waals surface area (Å²) in [5.74, 6) is 5.03. The molecule has 0 aliphatic heterocycles. The second-order valence-electron chi connectivity index (χ2n) is 8.48. The zero-order chi connectivity index (χ0) is 31.3. The number of carbonyl (C=O) groups is 3. The Morgan fingerprint density at radius 1 is 1.00 bits per heavy atom. The fourth-order valence-corrected chi connectivity index (χ4v) is 2.94. The van der Waals surface area contributed by atoms with E-state index in [2.05, 4.69) is 51.1 Å². The Bertz CT molecular complexity index is 1140. The SMILES string of the molecule is C=C(/C=C\C(=O)C#CCc1cccc(NC(=O)OCC)c1)c1cccc(C=O)c1.C=CCCCCC.CC.CCC.[HH]. The van der Waals surface area contributed by atoms with E-state index in [-0.39, 0.29) is 7.21 Å². The summed E-state index contributed by atoms with van der Waals surface area (Å²) in [5, 5.41) is 2.62. The van der Waals surface area contributed by atoms with Crippen molar-refractivity contribution < 1.29 is 20.5 Å². The first-order chi connectivity index (χ1) is 19.8. The van der Waals surface area contributed by atoms with Crippen LogP contribution in [0.4, 0.5) is 10.5 Å². The molecule has 0 aliphatic carbocycles. The molecule has 0 unspecified atom stereocenters. The third-order valence-corrected chi connectivity index (χ3v) is 4.79. The van der Waals surface area contributed by atoms with Crippen molar-refractivity contribution in [3.05, 3.63) is 96.6 Å². The highest BCUT2D eigenvalue weighted by molar-refractivity contribution is 6.05. The van der Waals surface area contributed by atoms with Gasteiger partial charge in [0.05, 0.1) is 6.61 Å². The minimum Gasteiger partial charge on any atom is -0.450 e. The van der Waals surface area contributed by atoms with E-state index in [1.54, 1.807) is 49.4 Å². The second kappa shape index (κ2) is 27.4. The number of carbonyl (C=O) groups excluding carboxylic acids is 3. The molecule has 0 saturated heterocycles. The number of benzene rings is 2. The summed E-state index contributed by atoms with van der Waals surface area (Å²) >= 11 is 0. The smallest absolute Gasteiger partial charge is 0.411 e. The lowest BCUT2D eigenvalue weighted by Gasteiger charge is -2.05. The van der Waals surface area contributed by atoms with Crippen LogP contribution >= 0.6 is 0 Å². The molecule has 0 radical (unpaired) electrons. The van der Waals surface area contributed by atoms with Crippen molar-refractivity contribution >= 4 is 29.4 Å². The molecule has 224 valence electrons. The molecule has 2 rings (SSSR count). The molecule has 0 heterocycles. The number of hydrogen-bond donors (Lipinski definition) is 1. The van der Waals surface area contributed by atoms with Crippen LogP contribution in [0.3, 0.4) is 0 Å². The van der Waals surface area contributed by atoms with Crippen molar-refractivity contribution in [3.63, 3.8) is 0 Å². The predicted molar refractivity (Wildman–Crippen MR) is 177 cm³/mol. The lowest BCUT2D eigenvalue weighted by Crippen LogP contribution is -2.13. The van der Waals surface area contributed by atoms with Gasteiger partial charge in [-0.3, -0.25) is 14.9 Å².